The summed E-state index contributed by atoms with van der Waals surface area (Å²) in [5, 5.41) is 0. The van der Waals surface area contributed by atoms with E-state index in [2.05, 4.69) is 55.5 Å². The van der Waals surface area contributed by atoms with Crippen molar-refractivity contribution in [3.8, 4) is 0 Å². The van der Waals surface area contributed by atoms with E-state index in [4.69, 9.17) is 0 Å². The quantitative estimate of drug-likeness (QED) is 0.400. The summed E-state index contributed by atoms with van der Waals surface area (Å²) in [5.41, 5.74) is 1.41. The van der Waals surface area contributed by atoms with Crippen LogP contribution in [0.1, 0.15) is 38.2 Å². The van der Waals surface area contributed by atoms with Crippen molar-refractivity contribution < 1.29 is 19.5 Å². The maximum Gasteiger partial charge on any atom is 1.00 e. The number of hydrogen-bond acceptors (Lipinski definition) is 0. The molecule has 1 heteroatoms. The predicted molar refractivity (Wildman–Crippen MR) is 71.2 cm³/mol. The van der Waals surface area contributed by atoms with Gasteiger partial charge in [-0.3, -0.25) is 6.08 Å². The smallest absolute Gasteiger partial charge is 0.500 e. The minimum Gasteiger partial charge on any atom is -0.500 e. The van der Waals surface area contributed by atoms with Crippen LogP contribution >= 0.6 is 0 Å². The normalized spacial score (nSPS) is 15.6. The van der Waals surface area contributed by atoms with Crippen molar-refractivity contribution in [1.29, 1.82) is 0 Å². The van der Waals surface area contributed by atoms with Crippen molar-refractivity contribution in [3.05, 3.63) is 60.2 Å². The summed E-state index contributed by atoms with van der Waals surface area (Å²) in [6, 6.07) is 10.5. The Hall–Kier alpha value is -0.677. The summed E-state index contributed by atoms with van der Waals surface area (Å²) < 4.78 is 0. The first kappa shape index (κ1) is 16.3. The van der Waals surface area contributed by atoms with Gasteiger partial charge in [-0.15, -0.1) is 0 Å². The van der Waals surface area contributed by atoms with Gasteiger partial charge in [0.2, 0.25) is 0 Å². The Bertz CT molecular complexity index is 286. The minimum absolute atomic E-state index is 0. The summed E-state index contributed by atoms with van der Waals surface area (Å²) in [5.74, 6) is 0. The summed E-state index contributed by atoms with van der Waals surface area (Å²) in [6.07, 6.45) is 15.6. The maximum absolute atomic E-state index is 3.21. The van der Waals surface area contributed by atoms with E-state index in [0.29, 0.717) is 0 Å². The molecule has 1 radical (unpaired) electrons. The van der Waals surface area contributed by atoms with Crippen molar-refractivity contribution in [2.45, 2.75) is 39.0 Å². The third-order valence-corrected chi connectivity index (χ3v) is 2.50. The summed E-state index contributed by atoms with van der Waals surface area (Å²) in [4.78, 5) is 0. The van der Waals surface area contributed by atoms with Crippen LogP contribution in [0, 0.1) is 6.08 Å². The van der Waals surface area contributed by atoms with Gasteiger partial charge in [-0.05, 0) is 18.4 Å². The Morgan fingerprint density at radius 1 is 1.00 bits per heavy atom. The molecule has 0 nitrogen and oxygen atoms in total. The van der Waals surface area contributed by atoms with Crippen LogP contribution in [0.3, 0.4) is 0 Å². The van der Waals surface area contributed by atoms with Crippen molar-refractivity contribution in [3.63, 3.8) is 0 Å². The van der Waals surface area contributed by atoms with Crippen LogP contribution in [-0.4, -0.2) is 0 Å². The number of rotatable bonds is 1. The van der Waals surface area contributed by atoms with Crippen LogP contribution in [0.25, 0.3) is 0 Å². The molecule has 93 valence electrons. The molecule has 0 heterocycles. The molecule has 1 aromatic rings. The zero-order valence-electron chi connectivity index (χ0n) is 10.5. The first-order valence-corrected chi connectivity index (χ1v) is 6.17. The SMILES string of the molecule is CCc1ccccc1.[C-]1=CCC/C=C\CC1.[Ru+]. The van der Waals surface area contributed by atoms with Crippen LogP contribution in [0.4, 0.5) is 0 Å². The first-order valence-electron chi connectivity index (χ1n) is 6.17. The Kier molecular flexibility index (Phi) is 11.3. The Labute approximate surface area is 119 Å². The molecule has 0 N–H and O–H groups in total. The van der Waals surface area contributed by atoms with Crippen molar-refractivity contribution in [2.24, 2.45) is 0 Å². The fourth-order valence-corrected chi connectivity index (χ4v) is 1.50. The van der Waals surface area contributed by atoms with Gasteiger partial charge in [-0.1, -0.05) is 62.2 Å². The molecule has 0 spiro atoms. The van der Waals surface area contributed by atoms with E-state index in [9.17, 15) is 0 Å². The van der Waals surface area contributed by atoms with E-state index in [1.807, 2.05) is 6.07 Å². The average Bonchev–Trinajstić information content (AvgIpc) is 2.30. The number of aryl methyl sites for hydroxylation is 1. The van der Waals surface area contributed by atoms with Crippen LogP contribution in [0.15, 0.2) is 48.6 Å². The zero-order valence-corrected chi connectivity index (χ0v) is 12.2. The topological polar surface area (TPSA) is 0 Å². The molecule has 0 aromatic heterocycles. The molecule has 17 heavy (non-hydrogen) atoms. The van der Waals surface area contributed by atoms with Crippen LogP contribution < -0.4 is 0 Å². The van der Waals surface area contributed by atoms with Gasteiger partial charge in [0.25, 0.3) is 0 Å². The Balaban J connectivity index is 0.000000284. The molecule has 1 aliphatic rings. The summed E-state index contributed by atoms with van der Waals surface area (Å²) >= 11 is 0. The second kappa shape index (κ2) is 11.8. The molecule has 1 aliphatic carbocycles. The molecule has 0 aliphatic heterocycles. The van der Waals surface area contributed by atoms with Gasteiger partial charge in [0, 0.05) is 0 Å². The van der Waals surface area contributed by atoms with Crippen molar-refractivity contribution >= 4 is 0 Å². The van der Waals surface area contributed by atoms with Crippen LogP contribution in [-0.2, 0) is 25.9 Å². The Morgan fingerprint density at radius 2 is 1.71 bits per heavy atom. The summed E-state index contributed by atoms with van der Waals surface area (Å²) in [7, 11) is 0. The van der Waals surface area contributed by atoms with Gasteiger partial charge < -0.3 is 6.08 Å². The molecule has 0 unspecified atom stereocenters. The van der Waals surface area contributed by atoms with E-state index in [0.717, 1.165) is 12.8 Å². The molecule has 0 atom stereocenters. The van der Waals surface area contributed by atoms with Gasteiger partial charge in [-0.25, -0.2) is 0 Å². The molecule has 0 amide bonds. The first-order chi connectivity index (χ1) is 7.93. The van der Waals surface area contributed by atoms with Gasteiger partial charge >= 0.3 is 19.5 Å². The van der Waals surface area contributed by atoms with Crippen molar-refractivity contribution in [2.75, 3.05) is 0 Å². The fraction of sp³-hybridized carbons (Fsp3) is 0.375. The summed E-state index contributed by atoms with van der Waals surface area (Å²) in [6.45, 7) is 2.16. The van der Waals surface area contributed by atoms with Gasteiger partial charge in [0.1, 0.15) is 0 Å². The third-order valence-electron chi connectivity index (χ3n) is 2.50. The van der Waals surface area contributed by atoms with Gasteiger partial charge in [0.05, 0.1) is 0 Å². The maximum atomic E-state index is 3.21. The molecular weight excluding hydrogens is 293 g/mol. The largest absolute Gasteiger partial charge is 1.00 e. The van der Waals surface area contributed by atoms with Gasteiger partial charge in [-0.2, -0.15) is 6.42 Å². The third kappa shape index (κ3) is 9.06. The molecule has 1 aromatic carbocycles. The second-order valence-corrected chi connectivity index (χ2v) is 3.83. The Morgan fingerprint density at radius 3 is 2.35 bits per heavy atom. The minimum atomic E-state index is 0. The number of allylic oxidation sites excluding steroid dienone is 4. The monoisotopic (exact) mass is 315 g/mol. The van der Waals surface area contributed by atoms with Gasteiger partial charge in [0.15, 0.2) is 0 Å². The fourth-order valence-electron chi connectivity index (χ4n) is 1.50. The molecular formula is C16H21Ru. The van der Waals surface area contributed by atoms with Crippen molar-refractivity contribution in [1.82, 2.24) is 0 Å². The molecule has 0 fully saturated rings. The van der Waals surface area contributed by atoms with E-state index < -0.39 is 0 Å². The molecule has 0 saturated heterocycles. The average molecular weight is 314 g/mol. The second-order valence-electron chi connectivity index (χ2n) is 3.83. The number of hydrogen-bond donors (Lipinski definition) is 0. The zero-order chi connectivity index (χ0) is 11.5. The van der Waals surface area contributed by atoms with E-state index in [1.165, 1.54) is 24.8 Å². The van der Waals surface area contributed by atoms with Crippen LogP contribution in [0.2, 0.25) is 0 Å². The van der Waals surface area contributed by atoms with E-state index in [-0.39, 0.29) is 19.5 Å². The molecule has 2 rings (SSSR count). The van der Waals surface area contributed by atoms with Crippen LogP contribution in [0.5, 0.6) is 0 Å². The predicted octanol–water partition coefficient (Wildman–Crippen LogP) is 4.72. The van der Waals surface area contributed by atoms with E-state index >= 15 is 0 Å². The van der Waals surface area contributed by atoms with E-state index in [1.54, 1.807) is 0 Å². The molecule has 0 bridgehead atoms. The standard InChI is InChI=1S/C8H10.C8H11.Ru/c1-2-8-6-4-3-5-7-8;1-2-4-6-8-7-5-3-1;/h3-7H,2H2,1H3;1-2,7H,3-6H2;/q;-1;+1/b;2-1-;. The number of benzene rings is 1. The molecule has 0 saturated carbocycles.